The number of hydrogen-bond acceptors (Lipinski definition) is 10. The van der Waals surface area contributed by atoms with Gasteiger partial charge in [0.1, 0.15) is 27.5 Å². The number of sulfonamides is 1. The fourth-order valence-electron chi connectivity index (χ4n) is 3.17. The summed E-state index contributed by atoms with van der Waals surface area (Å²) in [5.41, 5.74) is 6.73. The number of aromatic nitrogens is 2. The van der Waals surface area contributed by atoms with Crippen LogP contribution in [0.15, 0.2) is 45.9 Å². The Kier molecular flexibility index (Phi) is 6.40. The monoisotopic (exact) mass is 490 g/mol. The molecule has 0 aliphatic heterocycles. The van der Waals surface area contributed by atoms with E-state index in [4.69, 9.17) is 24.5 Å². The van der Waals surface area contributed by atoms with Gasteiger partial charge in [-0.2, -0.15) is 0 Å². The molecule has 12 heteroatoms. The number of thiazole rings is 1. The lowest BCUT2D eigenvalue weighted by Crippen LogP contribution is -2.15. The third-order valence-corrected chi connectivity index (χ3v) is 7.08. The maximum atomic E-state index is 13.2. The molecular weight excluding hydrogens is 468 g/mol. The van der Waals surface area contributed by atoms with Crippen LogP contribution in [0.4, 0.5) is 5.82 Å². The lowest BCUT2D eigenvalue weighted by molar-refractivity contribution is 0.402. The number of nitrogens with two attached hydrogens (primary N) is 1. The number of aryl methyl sites for hydroxylation is 1. The van der Waals surface area contributed by atoms with Crippen molar-refractivity contribution in [3.05, 3.63) is 47.0 Å². The van der Waals surface area contributed by atoms with Crippen molar-refractivity contribution >= 4 is 38.1 Å². The molecule has 4 aromatic rings. The summed E-state index contributed by atoms with van der Waals surface area (Å²) >= 11 is 1.31. The van der Waals surface area contributed by atoms with Gasteiger partial charge in [-0.3, -0.25) is 4.72 Å². The van der Waals surface area contributed by atoms with Crippen molar-refractivity contribution in [3.63, 3.8) is 0 Å². The predicted molar refractivity (Wildman–Crippen MR) is 124 cm³/mol. The third kappa shape index (κ3) is 4.58. The zero-order valence-corrected chi connectivity index (χ0v) is 19.7. The standard InChI is InChI=1S/C21H22N4O6S2/c1-4-12-5-6-15(28-2)18(7-12)33(26,27)25-20-19-16(29-3)8-13(9-17(19)31-24-20)30-21-23-11-14(10-22)32-21/h5-9,11H,4,10,22H2,1-3H3,(H,24,25). The van der Waals surface area contributed by atoms with E-state index >= 15 is 0 Å². The number of fused-ring (bicyclic) bond motifs is 1. The van der Waals surface area contributed by atoms with E-state index in [2.05, 4.69) is 14.9 Å². The summed E-state index contributed by atoms with van der Waals surface area (Å²) < 4.78 is 50.7. The normalized spacial score (nSPS) is 11.5. The molecule has 2 aromatic heterocycles. The van der Waals surface area contributed by atoms with Crippen molar-refractivity contribution in [3.8, 4) is 22.4 Å². The fraction of sp³-hybridized carbons (Fsp3) is 0.238. The minimum absolute atomic E-state index is 0.00102. The van der Waals surface area contributed by atoms with Crippen molar-refractivity contribution < 1.29 is 27.2 Å². The van der Waals surface area contributed by atoms with Crippen LogP contribution in [0.1, 0.15) is 17.4 Å². The van der Waals surface area contributed by atoms with Gasteiger partial charge in [0, 0.05) is 29.8 Å². The van der Waals surface area contributed by atoms with Gasteiger partial charge in [-0.1, -0.05) is 29.5 Å². The topological polar surface area (TPSA) is 139 Å². The number of nitrogens with zero attached hydrogens (tertiary/aromatic N) is 2. The number of nitrogens with one attached hydrogen (secondary N) is 1. The molecule has 0 atom stereocenters. The molecule has 10 nitrogen and oxygen atoms in total. The van der Waals surface area contributed by atoms with Crippen LogP contribution >= 0.6 is 11.3 Å². The molecule has 2 heterocycles. The molecule has 0 amide bonds. The second-order valence-corrected chi connectivity index (χ2v) is 9.60. The fourth-order valence-corrected chi connectivity index (χ4v) is 5.05. The van der Waals surface area contributed by atoms with Gasteiger partial charge in [0.05, 0.1) is 14.2 Å². The summed E-state index contributed by atoms with van der Waals surface area (Å²) in [6.45, 7) is 2.30. The second kappa shape index (κ2) is 9.25. The van der Waals surface area contributed by atoms with Crippen molar-refractivity contribution in [2.45, 2.75) is 24.8 Å². The lowest BCUT2D eigenvalue weighted by atomic mass is 10.2. The highest BCUT2D eigenvalue weighted by Crippen LogP contribution is 2.39. The molecule has 33 heavy (non-hydrogen) atoms. The maximum Gasteiger partial charge on any atom is 0.278 e. The van der Waals surface area contributed by atoms with E-state index in [1.165, 1.54) is 25.6 Å². The van der Waals surface area contributed by atoms with Crippen LogP contribution in [-0.4, -0.2) is 32.8 Å². The molecule has 174 valence electrons. The zero-order chi connectivity index (χ0) is 23.6. The van der Waals surface area contributed by atoms with Gasteiger partial charge in [0.15, 0.2) is 11.4 Å². The van der Waals surface area contributed by atoms with Gasteiger partial charge in [0.25, 0.3) is 15.2 Å². The predicted octanol–water partition coefficient (Wildman–Crippen LogP) is 3.92. The lowest BCUT2D eigenvalue weighted by Gasteiger charge is -2.12. The minimum atomic E-state index is -4.04. The highest BCUT2D eigenvalue weighted by Gasteiger charge is 2.25. The van der Waals surface area contributed by atoms with Crippen LogP contribution in [-0.2, 0) is 23.0 Å². The van der Waals surface area contributed by atoms with Crippen molar-refractivity contribution in [1.29, 1.82) is 0 Å². The largest absolute Gasteiger partial charge is 0.496 e. The molecule has 0 bridgehead atoms. The van der Waals surface area contributed by atoms with E-state index < -0.39 is 10.0 Å². The molecule has 4 rings (SSSR count). The first-order valence-electron chi connectivity index (χ1n) is 9.88. The summed E-state index contributed by atoms with van der Waals surface area (Å²) in [5, 5.41) is 4.66. The Morgan fingerprint density at radius 2 is 1.94 bits per heavy atom. The number of hydrogen-bond donors (Lipinski definition) is 2. The molecule has 2 aromatic carbocycles. The highest BCUT2D eigenvalue weighted by atomic mass is 32.2. The van der Waals surface area contributed by atoms with E-state index in [-0.39, 0.29) is 22.0 Å². The van der Waals surface area contributed by atoms with Crippen LogP contribution in [0.3, 0.4) is 0 Å². The van der Waals surface area contributed by atoms with Crippen molar-refractivity contribution in [2.24, 2.45) is 5.73 Å². The smallest absolute Gasteiger partial charge is 0.278 e. The number of anilines is 1. The number of ether oxygens (including phenoxy) is 3. The Labute approximate surface area is 194 Å². The molecule has 0 aliphatic rings. The van der Waals surface area contributed by atoms with Gasteiger partial charge >= 0.3 is 0 Å². The van der Waals surface area contributed by atoms with Gasteiger partial charge in [0.2, 0.25) is 0 Å². The first-order chi connectivity index (χ1) is 15.9. The molecule has 3 N–H and O–H groups in total. The van der Waals surface area contributed by atoms with Gasteiger partial charge < -0.3 is 24.5 Å². The van der Waals surface area contributed by atoms with E-state index in [1.807, 2.05) is 13.0 Å². The molecule has 0 unspecified atom stereocenters. The minimum Gasteiger partial charge on any atom is -0.496 e. The molecule has 0 fully saturated rings. The van der Waals surface area contributed by atoms with Crippen molar-refractivity contribution in [1.82, 2.24) is 10.1 Å². The quantitative estimate of drug-likeness (QED) is 0.357. The Hall–Kier alpha value is -3.35. The molecule has 0 saturated carbocycles. The Bertz CT molecular complexity index is 1400. The van der Waals surface area contributed by atoms with E-state index in [0.717, 1.165) is 10.4 Å². The summed E-state index contributed by atoms with van der Waals surface area (Å²) in [4.78, 5) is 5.03. The van der Waals surface area contributed by atoms with Crippen LogP contribution in [0.2, 0.25) is 0 Å². The van der Waals surface area contributed by atoms with Crippen molar-refractivity contribution in [2.75, 3.05) is 18.9 Å². The highest BCUT2D eigenvalue weighted by molar-refractivity contribution is 7.92. The average molecular weight is 491 g/mol. The maximum absolute atomic E-state index is 13.2. The summed E-state index contributed by atoms with van der Waals surface area (Å²) in [6.07, 6.45) is 2.31. The number of benzene rings is 2. The average Bonchev–Trinajstić information content (AvgIpc) is 3.44. The summed E-state index contributed by atoms with van der Waals surface area (Å²) in [7, 11) is -1.17. The molecule has 0 spiro atoms. The SMILES string of the molecule is CCc1ccc(OC)c(S(=O)(=O)Nc2noc3cc(Oc4ncc(CN)s4)cc(OC)c23)c1. The second-order valence-electron chi connectivity index (χ2n) is 6.87. The Morgan fingerprint density at radius 1 is 1.15 bits per heavy atom. The van der Waals surface area contributed by atoms with E-state index in [0.29, 0.717) is 35.0 Å². The van der Waals surface area contributed by atoms with Gasteiger partial charge in [-0.15, -0.1) is 0 Å². The van der Waals surface area contributed by atoms with E-state index in [1.54, 1.807) is 30.5 Å². The van der Waals surface area contributed by atoms with Crippen LogP contribution in [0.25, 0.3) is 11.0 Å². The Balaban J connectivity index is 1.70. The molecule has 0 radical (unpaired) electrons. The molecule has 0 aliphatic carbocycles. The third-order valence-electron chi connectivity index (χ3n) is 4.83. The number of methoxy groups -OCH3 is 2. The van der Waals surface area contributed by atoms with Crippen LogP contribution in [0, 0.1) is 0 Å². The van der Waals surface area contributed by atoms with Gasteiger partial charge in [-0.25, -0.2) is 13.4 Å². The summed E-state index contributed by atoms with van der Waals surface area (Å²) in [5.74, 6) is 0.902. The molecular formula is C21H22N4O6S2. The van der Waals surface area contributed by atoms with Crippen LogP contribution < -0.4 is 24.7 Å². The van der Waals surface area contributed by atoms with E-state index in [9.17, 15) is 8.42 Å². The number of rotatable bonds is 9. The molecule has 0 saturated heterocycles. The summed E-state index contributed by atoms with van der Waals surface area (Å²) in [6, 6.07) is 8.17. The first kappa shape index (κ1) is 22.8. The first-order valence-corrected chi connectivity index (χ1v) is 12.2. The Morgan fingerprint density at radius 3 is 2.61 bits per heavy atom. The van der Waals surface area contributed by atoms with Crippen LogP contribution in [0.5, 0.6) is 22.4 Å². The van der Waals surface area contributed by atoms with Gasteiger partial charge in [-0.05, 0) is 24.1 Å². The zero-order valence-electron chi connectivity index (χ0n) is 18.1.